The molecule has 4 heteroatoms. The number of furan rings is 1. The second kappa shape index (κ2) is 5.84. The van der Waals surface area contributed by atoms with E-state index in [1.807, 2.05) is 19.9 Å². The first kappa shape index (κ1) is 16.1. The van der Waals surface area contributed by atoms with E-state index in [4.69, 9.17) is 4.42 Å². The van der Waals surface area contributed by atoms with E-state index in [1.54, 1.807) is 6.92 Å². The van der Waals surface area contributed by atoms with Gasteiger partial charge in [0, 0.05) is 11.0 Å². The van der Waals surface area contributed by atoms with Crippen molar-refractivity contribution in [2.45, 2.75) is 65.4 Å². The Morgan fingerprint density at radius 2 is 2.05 bits per heavy atom. The first-order chi connectivity index (χ1) is 9.81. The van der Waals surface area contributed by atoms with E-state index in [0.717, 1.165) is 43.4 Å². The number of hydrogen-bond acceptors (Lipinski definition) is 3. The third kappa shape index (κ3) is 3.15. The van der Waals surface area contributed by atoms with Crippen LogP contribution in [0.4, 0.5) is 0 Å². The summed E-state index contributed by atoms with van der Waals surface area (Å²) in [6.07, 6.45) is 5.03. The summed E-state index contributed by atoms with van der Waals surface area (Å²) in [6.45, 7) is 7.71. The van der Waals surface area contributed by atoms with Crippen molar-refractivity contribution in [1.29, 1.82) is 0 Å². The molecule has 2 rings (SSSR count). The van der Waals surface area contributed by atoms with Crippen molar-refractivity contribution in [3.05, 3.63) is 23.2 Å². The minimum absolute atomic E-state index is 0.0839. The van der Waals surface area contributed by atoms with Gasteiger partial charge in [0.1, 0.15) is 17.1 Å². The van der Waals surface area contributed by atoms with Crippen LogP contribution in [-0.2, 0) is 10.4 Å². The first-order valence-electron chi connectivity index (χ1n) is 7.89. The molecule has 1 heterocycles. The van der Waals surface area contributed by atoms with Gasteiger partial charge in [-0.1, -0.05) is 19.8 Å². The number of nitrogens with one attached hydrogen (secondary N) is 1. The third-order valence-electron chi connectivity index (χ3n) is 4.93. The van der Waals surface area contributed by atoms with Gasteiger partial charge in [0.15, 0.2) is 0 Å². The van der Waals surface area contributed by atoms with Crippen molar-refractivity contribution >= 4 is 5.91 Å². The largest absolute Gasteiger partial charge is 0.466 e. The zero-order chi connectivity index (χ0) is 15.7. The fourth-order valence-corrected chi connectivity index (χ4v) is 3.49. The molecule has 2 N–H and O–H groups in total. The van der Waals surface area contributed by atoms with Gasteiger partial charge in [-0.05, 0) is 46.1 Å². The van der Waals surface area contributed by atoms with Gasteiger partial charge in [0.2, 0.25) is 5.91 Å². The molecule has 0 aromatic carbocycles. The summed E-state index contributed by atoms with van der Waals surface area (Å²) < 4.78 is 5.48. The maximum absolute atomic E-state index is 12.5. The number of aryl methyl sites for hydroxylation is 2. The molecule has 1 aliphatic rings. The summed E-state index contributed by atoms with van der Waals surface area (Å²) in [7, 11) is 0. The molecule has 118 valence electrons. The van der Waals surface area contributed by atoms with Crippen LogP contribution in [-0.4, -0.2) is 17.6 Å². The number of rotatable bonds is 5. The molecule has 1 amide bonds. The van der Waals surface area contributed by atoms with Crippen molar-refractivity contribution in [1.82, 2.24) is 5.32 Å². The van der Waals surface area contributed by atoms with Gasteiger partial charge in [0.25, 0.3) is 0 Å². The standard InChI is InChI=1S/C17H27NO3/c1-5-17(8-6-7-9-17)15(19)18-11-16(4,20)14-10-12(2)21-13(14)3/h10,20H,5-9,11H2,1-4H3,(H,18,19). The zero-order valence-corrected chi connectivity index (χ0v) is 13.6. The van der Waals surface area contributed by atoms with E-state index in [0.29, 0.717) is 5.76 Å². The number of aliphatic hydroxyl groups is 1. The highest BCUT2D eigenvalue weighted by atomic mass is 16.3. The quantitative estimate of drug-likeness (QED) is 0.876. The molecule has 21 heavy (non-hydrogen) atoms. The fourth-order valence-electron chi connectivity index (χ4n) is 3.49. The van der Waals surface area contributed by atoms with Gasteiger partial charge in [-0.2, -0.15) is 0 Å². The van der Waals surface area contributed by atoms with Crippen LogP contribution < -0.4 is 5.32 Å². The lowest BCUT2D eigenvalue weighted by Gasteiger charge is -2.29. The third-order valence-corrected chi connectivity index (χ3v) is 4.93. The van der Waals surface area contributed by atoms with E-state index < -0.39 is 5.60 Å². The monoisotopic (exact) mass is 293 g/mol. The number of carbonyl (C=O) groups excluding carboxylic acids is 1. The highest BCUT2D eigenvalue weighted by Gasteiger charge is 2.40. The minimum Gasteiger partial charge on any atom is -0.466 e. The van der Waals surface area contributed by atoms with E-state index in [2.05, 4.69) is 12.2 Å². The molecular formula is C17H27NO3. The Kier molecular flexibility index (Phi) is 4.47. The summed E-state index contributed by atoms with van der Waals surface area (Å²) in [5, 5.41) is 13.6. The molecular weight excluding hydrogens is 266 g/mol. The molecule has 0 spiro atoms. The Hall–Kier alpha value is -1.29. The van der Waals surface area contributed by atoms with Crippen LogP contribution in [0.25, 0.3) is 0 Å². The molecule has 0 aliphatic heterocycles. The van der Waals surface area contributed by atoms with Crippen LogP contribution >= 0.6 is 0 Å². The Labute approximate surface area is 126 Å². The molecule has 1 aromatic heterocycles. The topological polar surface area (TPSA) is 62.5 Å². The number of carbonyl (C=O) groups is 1. The van der Waals surface area contributed by atoms with Crippen LogP contribution in [0.15, 0.2) is 10.5 Å². The average molecular weight is 293 g/mol. The first-order valence-corrected chi connectivity index (χ1v) is 7.89. The molecule has 1 aromatic rings. The molecule has 0 radical (unpaired) electrons. The van der Waals surface area contributed by atoms with E-state index >= 15 is 0 Å². The molecule has 1 saturated carbocycles. The van der Waals surface area contributed by atoms with Gasteiger partial charge < -0.3 is 14.8 Å². The van der Waals surface area contributed by atoms with Crippen LogP contribution in [0.3, 0.4) is 0 Å². The minimum atomic E-state index is -1.11. The maximum Gasteiger partial charge on any atom is 0.226 e. The Morgan fingerprint density at radius 1 is 1.43 bits per heavy atom. The average Bonchev–Trinajstić information content (AvgIpc) is 3.03. The van der Waals surface area contributed by atoms with Gasteiger partial charge in [-0.25, -0.2) is 0 Å². The van der Waals surface area contributed by atoms with Gasteiger partial charge in [0.05, 0.1) is 6.54 Å². The molecule has 1 atom stereocenters. The Balaban J connectivity index is 2.04. The van der Waals surface area contributed by atoms with Crippen LogP contribution in [0.5, 0.6) is 0 Å². The highest BCUT2D eigenvalue weighted by molar-refractivity contribution is 5.82. The second-order valence-corrected chi connectivity index (χ2v) is 6.62. The molecule has 1 unspecified atom stereocenters. The lowest BCUT2D eigenvalue weighted by atomic mass is 9.82. The summed E-state index contributed by atoms with van der Waals surface area (Å²) >= 11 is 0. The van der Waals surface area contributed by atoms with Crippen molar-refractivity contribution in [3.8, 4) is 0 Å². The van der Waals surface area contributed by atoms with Crippen LogP contribution in [0.1, 0.15) is 63.0 Å². The zero-order valence-electron chi connectivity index (χ0n) is 13.6. The van der Waals surface area contributed by atoms with Gasteiger partial charge in [-0.15, -0.1) is 0 Å². The van der Waals surface area contributed by atoms with E-state index in [-0.39, 0.29) is 17.9 Å². The predicted octanol–water partition coefficient (Wildman–Crippen LogP) is 3.19. The maximum atomic E-state index is 12.5. The summed E-state index contributed by atoms with van der Waals surface area (Å²) in [6, 6.07) is 1.84. The fraction of sp³-hybridized carbons (Fsp3) is 0.706. The summed E-state index contributed by atoms with van der Waals surface area (Å²) in [5.41, 5.74) is -0.583. The van der Waals surface area contributed by atoms with Crippen LogP contribution in [0, 0.1) is 19.3 Å². The van der Waals surface area contributed by atoms with Gasteiger partial charge in [-0.3, -0.25) is 4.79 Å². The van der Waals surface area contributed by atoms with Crippen molar-refractivity contribution in [3.63, 3.8) is 0 Å². The molecule has 0 saturated heterocycles. The van der Waals surface area contributed by atoms with E-state index in [9.17, 15) is 9.90 Å². The number of amides is 1. The van der Waals surface area contributed by atoms with Crippen molar-refractivity contribution in [2.75, 3.05) is 6.54 Å². The second-order valence-electron chi connectivity index (χ2n) is 6.62. The smallest absolute Gasteiger partial charge is 0.226 e. The molecule has 4 nitrogen and oxygen atoms in total. The lowest BCUT2D eigenvalue weighted by molar-refractivity contribution is -0.132. The predicted molar refractivity (Wildman–Crippen MR) is 82.0 cm³/mol. The van der Waals surface area contributed by atoms with Crippen LogP contribution in [0.2, 0.25) is 0 Å². The van der Waals surface area contributed by atoms with Crippen molar-refractivity contribution < 1.29 is 14.3 Å². The summed E-state index contributed by atoms with van der Waals surface area (Å²) in [4.78, 5) is 12.5. The Bertz CT molecular complexity index is 510. The van der Waals surface area contributed by atoms with Crippen molar-refractivity contribution in [2.24, 2.45) is 5.41 Å². The molecule has 1 aliphatic carbocycles. The van der Waals surface area contributed by atoms with E-state index in [1.165, 1.54) is 0 Å². The van der Waals surface area contributed by atoms with Gasteiger partial charge >= 0.3 is 0 Å². The normalized spacial score (nSPS) is 20.2. The molecule has 0 bridgehead atoms. The highest BCUT2D eigenvalue weighted by Crippen LogP contribution is 2.41. The number of hydrogen-bond donors (Lipinski definition) is 2. The SMILES string of the molecule is CCC1(C(=O)NCC(C)(O)c2cc(C)oc2C)CCCC1. The molecule has 1 fully saturated rings. The summed E-state index contributed by atoms with van der Waals surface area (Å²) in [5.74, 6) is 1.56. The lowest BCUT2D eigenvalue weighted by Crippen LogP contribution is -2.45. The Morgan fingerprint density at radius 3 is 2.52 bits per heavy atom.